The Kier molecular flexibility index (Phi) is 5.67. The fourth-order valence-electron chi connectivity index (χ4n) is 6.10. The summed E-state index contributed by atoms with van der Waals surface area (Å²) >= 11 is 1.32. The second-order valence-electron chi connectivity index (χ2n) is 9.51. The zero-order valence-corrected chi connectivity index (χ0v) is 18.9. The van der Waals surface area contributed by atoms with Gasteiger partial charge in [-0.3, -0.25) is 14.2 Å². The first-order valence-electron chi connectivity index (χ1n) is 11.8. The van der Waals surface area contributed by atoms with Crippen LogP contribution in [0.4, 0.5) is 0 Å². The van der Waals surface area contributed by atoms with Gasteiger partial charge < -0.3 is 5.73 Å². The third-order valence-corrected chi connectivity index (χ3v) is 8.48. The highest BCUT2D eigenvalue weighted by molar-refractivity contribution is 7.99. The lowest BCUT2D eigenvalue weighted by molar-refractivity contribution is -0.115. The summed E-state index contributed by atoms with van der Waals surface area (Å²) in [6, 6.07) is 8.59. The molecule has 2 aromatic rings. The van der Waals surface area contributed by atoms with Crippen molar-refractivity contribution in [3.8, 4) is 11.3 Å². The smallest absolute Gasteiger partial charge is 0.258 e. The maximum Gasteiger partial charge on any atom is 0.258 e. The Morgan fingerprint density at radius 2 is 1.81 bits per heavy atom. The van der Waals surface area contributed by atoms with E-state index in [0.717, 1.165) is 61.8 Å². The number of fused-ring (bicyclic) bond motifs is 4. The molecule has 3 aliphatic carbocycles. The number of aromatic nitrogens is 2. The predicted octanol–water partition coefficient (Wildman–Crippen LogP) is 4.75. The van der Waals surface area contributed by atoms with Crippen LogP contribution >= 0.6 is 11.8 Å². The average Bonchev–Trinajstić information content (AvgIpc) is 2.78. The van der Waals surface area contributed by atoms with Crippen LogP contribution in [0, 0.1) is 0 Å². The molecule has 0 unspecified atom stereocenters. The summed E-state index contributed by atoms with van der Waals surface area (Å²) in [6.07, 6.45) is 12.2. The number of nitrogens with two attached hydrogens (primary N) is 1. The standard InChI is InChI=1S/C25H31N3O2S/c26-20(29)16-31-24-27-22-19-12-6-5-9-17(19)15-25(13-7-2-8-14-25)21(22)23(30)28(24)18-10-3-1-4-11-18/h5-6,9,12,18H,1-4,7-8,10-11,13-16H2,(H2,26,29). The number of carbonyl (C=O) groups is 1. The van der Waals surface area contributed by atoms with Crippen LogP contribution in [-0.2, 0) is 16.6 Å². The highest BCUT2D eigenvalue weighted by Gasteiger charge is 2.44. The molecule has 2 fully saturated rings. The second-order valence-corrected chi connectivity index (χ2v) is 10.5. The van der Waals surface area contributed by atoms with Gasteiger partial charge >= 0.3 is 0 Å². The largest absolute Gasteiger partial charge is 0.369 e. The summed E-state index contributed by atoms with van der Waals surface area (Å²) in [6.45, 7) is 0. The van der Waals surface area contributed by atoms with Crippen LogP contribution in [-0.4, -0.2) is 21.2 Å². The number of hydrogen-bond donors (Lipinski definition) is 1. The highest BCUT2D eigenvalue weighted by Crippen LogP contribution is 2.49. The zero-order chi connectivity index (χ0) is 21.4. The molecule has 0 radical (unpaired) electrons. The van der Waals surface area contributed by atoms with Crippen LogP contribution in [0.5, 0.6) is 0 Å². The molecular weight excluding hydrogens is 406 g/mol. The van der Waals surface area contributed by atoms with Crippen molar-refractivity contribution in [2.45, 2.75) is 87.2 Å². The quantitative estimate of drug-likeness (QED) is 0.553. The lowest BCUT2D eigenvalue weighted by atomic mass is 9.62. The minimum atomic E-state index is -0.378. The Balaban J connectivity index is 1.74. The van der Waals surface area contributed by atoms with Gasteiger partial charge in [-0.1, -0.05) is 74.6 Å². The van der Waals surface area contributed by atoms with Crippen molar-refractivity contribution >= 4 is 17.7 Å². The van der Waals surface area contributed by atoms with Gasteiger partial charge in [0.25, 0.3) is 5.56 Å². The Labute approximate surface area is 187 Å². The van der Waals surface area contributed by atoms with Crippen LogP contribution in [0.2, 0.25) is 0 Å². The van der Waals surface area contributed by atoms with Crippen LogP contribution < -0.4 is 11.3 Å². The molecular formula is C25H31N3O2S. The van der Waals surface area contributed by atoms with Crippen molar-refractivity contribution in [3.05, 3.63) is 45.7 Å². The highest BCUT2D eigenvalue weighted by atomic mass is 32.2. The van der Waals surface area contributed by atoms with Crippen LogP contribution in [0.3, 0.4) is 0 Å². The van der Waals surface area contributed by atoms with E-state index in [4.69, 9.17) is 10.7 Å². The van der Waals surface area contributed by atoms with E-state index in [2.05, 4.69) is 18.2 Å². The SMILES string of the molecule is NC(=O)CSc1nc2c(c(=O)n1C1CCCCC1)C1(CCCCC1)Cc1ccccc1-2. The van der Waals surface area contributed by atoms with E-state index < -0.39 is 0 Å². The van der Waals surface area contributed by atoms with Crippen molar-refractivity contribution in [1.82, 2.24) is 9.55 Å². The Bertz CT molecular complexity index is 1050. The van der Waals surface area contributed by atoms with E-state index in [1.807, 2.05) is 10.6 Å². The van der Waals surface area contributed by atoms with Crippen molar-refractivity contribution in [2.24, 2.45) is 5.73 Å². The fourth-order valence-corrected chi connectivity index (χ4v) is 6.90. The molecule has 1 aromatic heterocycles. The summed E-state index contributed by atoms with van der Waals surface area (Å²) in [5.74, 6) is -0.235. The summed E-state index contributed by atoms with van der Waals surface area (Å²) in [5, 5.41) is 0.664. The van der Waals surface area contributed by atoms with E-state index in [9.17, 15) is 9.59 Å². The molecule has 2 N–H and O–H groups in total. The van der Waals surface area contributed by atoms with Gasteiger partial charge in [-0.25, -0.2) is 4.98 Å². The molecule has 6 heteroatoms. The van der Waals surface area contributed by atoms with Crippen LogP contribution in [0.15, 0.2) is 34.2 Å². The van der Waals surface area contributed by atoms with Crippen molar-refractivity contribution in [1.29, 1.82) is 0 Å². The van der Waals surface area contributed by atoms with Crippen LogP contribution in [0.1, 0.15) is 81.4 Å². The third-order valence-electron chi connectivity index (χ3n) is 7.51. The number of hydrogen-bond acceptors (Lipinski definition) is 4. The Hall–Kier alpha value is -2.08. The van der Waals surface area contributed by atoms with E-state index in [-0.39, 0.29) is 28.7 Å². The van der Waals surface area contributed by atoms with Gasteiger partial charge in [0.2, 0.25) is 5.91 Å². The molecule has 1 heterocycles. The number of benzene rings is 1. The predicted molar refractivity (Wildman–Crippen MR) is 124 cm³/mol. The minimum Gasteiger partial charge on any atom is -0.369 e. The van der Waals surface area contributed by atoms with Gasteiger partial charge in [0, 0.05) is 17.0 Å². The monoisotopic (exact) mass is 437 g/mol. The van der Waals surface area contributed by atoms with Crippen LogP contribution in [0.25, 0.3) is 11.3 Å². The lowest BCUT2D eigenvalue weighted by Gasteiger charge is -2.42. The topological polar surface area (TPSA) is 78.0 Å². The first-order valence-corrected chi connectivity index (χ1v) is 12.7. The molecule has 1 amide bonds. The van der Waals surface area contributed by atoms with Gasteiger partial charge in [0.05, 0.1) is 17.0 Å². The maximum atomic E-state index is 14.3. The molecule has 1 aromatic carbocycles. The lowest BCUT2D eigenvalue weighted by Crippen LogP contribution is -2.44. The van der Waals surface area contributed by atoms with E-state index in [1.165, 1.54) is 43.0 Å². The summed E-state index contributed by atoms with van der Waals surface area (Å²) in [4.78, 5) is 30.9. The number of rotatable bonds is 4. The number of amides is 1. The van der Waals surface area contributed by atoms with Gasteiger partial charge in [0.15, 0.2) is 5.16 Å². The Morgan fingerprint density at radius 3 is 2.55 bits per heavy atom. The van der Waals surface area contributed by atoms with Gasteiger partial charge in [-0.15, -0.1) is 0 Å². The molecule has 31 heavy (non-hydrogen) atoms. The molecule has 0 bridgehead atoms. The first-order chi connectivity index (χ1) is 15.1. The van der Waals surface area contributed by atoms with Crippen molar-refractivity contribution in [2.75, 3.05) is 5.75 Å². The van der Waals surface area contributed by atoms with Gasteiger partial charge in [0.1, 0.15) is 0 Å². The van der Waals surface area contributed by atoms with E-state index >= 15 is 0 Å². The minimum absolute atomic E-state index is 0.102. The number of nitrogens with zero attached hydrogens (tertiary/aromatic N) is 2. The molecule has 0 aliphatic heterocycles. The summed E-state index contributed by atoms with van der Waals surface area (Å²) < 4.78 is 1.95. The molecule has 164 valence electrons. The molecule has 5 rings (SSSR count). The second kappa shape index (κ2) is 8.45. The number of carbonyl (C=O) groups excluding carboxylic acids is 1. The molecule has 0 atom stereocenters. The van der Waals surface area contributed by atoms with Gasteiger partial charge in [-0.05, 0) is 37.7 Å². The zero-order valence-electron chi connectivity index (χ0n) is 18.1. The average molecular weight is 438 g/mol. The van der Waals surface area contributed by atoms with Crippen molar-refractivity contribution < 1.29 is 4.79 Å². The molecule has 2 saturated carbocycles. The first kappa shape index (κ1) is 20.8. The molecule has 5 nitrogen and oxygen atoms in total. The molecule has 1 spiro atoms. The Morgan fingerprint density at radius 1 is 1.10 bits per heavy atom. The maximum absolute atomic E-state index is 14.3. The normalized spacial score (nSPS) is 20.3. The summed E-state index contributed by atoms with van der Waals surface area (Å²) in [5.41, 5.74) is 9.68. The van der Waals surface area contributed by atoms with Gasteiger partial charge in [-0.2, -0.15) is 0 Å². The molecule has 3 aliphatic rings. The fraction of sp³-hybridized carbons (Fsp3) is 0.560. The molecule has 0 saturated heterocycles. The number of primary amides is 1. The van der Waals surface area contributed by atoms with E-state index in [1.54, 1.807) is 0 Å². The number of thioether (sulfide) groups is 1. The summed E-state index contributed by atoms with van der Waals surface area (Å²) in [7, 11) is 0. The van der Waals surface area contributed by atoms with Crippen molar-refractivity contribution in [3.63, 3.8) is 0 Å². The third kappa shape index (κ3) is 3.73. The van der Waals surface area contributed by atoms with E-state index in [0.29, 0.717) is 5.16 Å².